The van der Waals surface area contributed by atoms with Crippen LogP contribution in [0.1, 0.15) is 18.5 Å². The zero-order valence-electron chi connectivity index (χ0n) is 17.5. The first-order valence-corrected chi connectivity index (χ1v) is 10.4. The van der Waals surface area contributed by atoms with Gasteiger partial charge in [0.15, 0.2) is 5.11 Å². The van der Waals surface area contributed by atoms with Gasteiger partial charge in [-0.2, -0.15) is 0 Å². The highest BCUT2D eigenvalue weighted by Crippen LogP contribution is 2.35. The molecule has 1 aliphatic rings. The maximum Gasteiger partial charge on any atom is 0.269 e. The number of hydrogen-bond donors (Lipinski definition) is 2. The van der Waals surface area contributed by atoms with Gasteiger partial charge in [0.05, 0.1) is 16.5 Å². The number of amides is 1. The van der Waals surface area contributed by atoms with Gasteiger partial charge in [-0.3, -0.25) is 19.8 Å². The fourth-order valence-electron chi connectivity index (χ4n) is 3.72. The van der Waals surface area contributed by atoms with E-state index in [1.165, 1.54) is 36.4 Å². The summed E-state index contributed by atoms with van der Waals surface area (Å²) in [5.41, 5.74) is 2.50. The van der Waals surface area contributed by atoms with Crippen LogP contribution in [0.4, 0.5) is 21.5 Å². The number of carbonyl (C=O) groups excluding carboxylic acids is 1. The van der Waals surface area contributed by atoms with Crippen molar-refractivity contribution in [1.82, 2.24) is 5.32 Å². The number of rotatable bonds is 5. The Hall–Kier alpha value is -4.11. The van der Waals surface area contributed by atoms with Gasteiger partial charge >= 0.3 is 0 Å². The third-order valence-electron chi connectivity index (χ3n) is 5.26. The van der Waals surface area contributed by atoms with Gasteiger partial charge in [0.1, 0.15) is 5.82 Å². The summed E-state index contributed by atoms with van der Waals surface area (Å²) in [7, 11) is 0. The number of nitro benzene ring substituents is 1. The number of carbonyl (C=O) groups is 1. The Morgan fingerprint density at radius 1 is 1.09 bits per heavy atom. The highest BCUT2D eigenvalue weighted by atomic mass is 32.1. The van der Waals surface area contributed by atoms with Crippen LogP contribution in [0.5, 0.6) is 0 Å². The largest absolute Gasteiger partial charge is 0.351 e. The molecule has 0 unspecified atom stereocenters. The number of para-hydroxylation sites is 1. The van der Waals surface area contributed by atoms with E-state index in [0.717, 1.165) is 5.69 Å². The van der Waals surface area contributed by atoms with Crippen molar-refractivity contribution in [1.29, 1.82) is 0 Å². The highest BCUT2D eigenvalue weighted by molar-refractivity contribution is 7.80. The van der Waals surface area contributed by atoms with Crippen LogP contribution in [0.25, 0.3) is 0 Å². The second-order valence-corrected chi connectivity index (χ2v) is 7.75. The summed E-state index contributed by atoms with van der Waals surface area (Å²) in [4.78, 5) is 26.0. The Kier molecular flexibility index (Phi) is 6.14. The smallest absolute Gasteiger partial charge is 0.269 e. The Morgan fingerprint density at radius 2 is 1.79 bits per heavy atom. The Labute approximate surface area is 194 Å². The topological polar surface area (TPSA) is 87.5 Å². The summed E-state index contributed by atoms with van der Waals surface area (Å²) in [6, 6.07) is 20.1. The van der Waals surface area contributed by atoms with Gasteiger partial charge in [0.2, 0.25) is 0 Å². The molecule has 0 saturated carbocycles. The molecule has 1 heterocycles. The molecule has 3 aromatic carbocycles. The van der Waals surface area contributed by atoms with Crippen molar-refractivity contribution in [3.8, 4) is 0 Å². The molecule has 0 saturated heterocycles. The molecular weight excluding hydrogens is 443 g/mol. The minimum atomic E-state index is -0.724. The molecule has 0 aliphatic carbocycles. The lowest BCUT2D eigenvalue weighted by molar-refractivity contribution is -0.384. The maximum atomic E-state index is 13.4. The van der Waals surface area contributed by atoms with E-state index in [4.69, 9.17) is 12.2 Å². The molecule has 0 aromatic heterocycles. The maximum absolute atomic E-state index is 13.4. The van der Waals surface area contributed by atoms with E-state index in [1.807, 2.05) is 30.3 Å². The molecule has 0 fully saturated rings. The van der Waals surface area contributed by atoms with Gasteiger partial charge in [-0.1, -0.05) is 30.3 Å². The van der Waals surface area contributed by atoms with Gasteiger partial charge in [0, 0.05) is 29.2 Å². The number of anilines is 2. The van der Waals surface area contributed by atoms with E-state index in [-0.39, 0.29) is 5.69 Å². The second-order valence-electron chi connectivity index (χ2n) is 7.37. The predicted octanol–water partition coefficient (Wildman–Crippen LogP) is 5.08. The average Bonchev–Trinajstić information content (AvgIpc) is 2.81. The van der Waals surface area contributed by atoms with Crippen LogP contribution < -0.4 is 15.5 Å². The number of non-ortho nitro benzene ring substituents is 1. The van der Waals surface area contributed by atoms with Gasteiger partial charge < -0.3 is 10.6 Å². The Morgan fingerprint density at radius 3 is 2.45 bits per heavy atom. The molecule has 33 heavy (non-hydrogen) atoms. The molecule has 0 radical (unpaired) electrons. The lowest BCUT2D eigenvalue weighted by Crippen LogP contribution is -2.48. The highest BCUT2D eigenvalue weighted by Gasteiger charge is 2.35. The van der Waals surface area contributed by atoms with Crippen molar-refractivity contribution in [2.24, 2.45) is 0 Å². The molecule has 0 spiro atoms. The van der Waals surface area contributed by atoms with Crippen molar-refractivity contribution in [3.05, 3.63) is 112 Å². The van der Waals surface area contributed by atoms with Gasteiger partial charge in [-0.15, -0.1) is 0 Å². The summed E-state index contributed by atoms with van der Waals surface area (Å²) in [6.07, 6.45) is 0. The standard InChI is InChI=1S/C24H19FN4O3S/c1-15-21(23(30)26-18-12-10-17(25)11-13-18)22(16-6-5-9-20(14-16)29(31)32)27-24(33)28(15)19-7-3-2-4-8-19/h2-14,22H,1H3,(H,26,30)(H,27,33)/t22-/m0/s1. The van der Waals surface area contributed by atoms with Crippen LogP contribution in [0, 0.1) is 15.9 Å². The minimum Gasteiger partial charge on any atom is -0.351 e. The van der Waals surface area contributed by atoms with E-state index in [0.29, 0.717) is 27.6 Å². The number of allylic oxidation sites excluding steroid dienone is 1. The molecule has 0 bridgehead atoms. The average molecular weight is 463 g/mol. The first-order chi connectivity index (χ1) is 15.8. The predicted molar refractivity (Wildman–Crippen MR) is 128 cm³/mol. The van der Waals surface area contributed by atoms with Crippen molar-refractivity contribution < 1.29 is 14.1 Å². The third kappa shape index (κ3) is 4.58. The molecule has 4 rings (SSSR count). The zero-order chi connectivity index (χ0) is 23.5. The Balaban J connectivity index is 1.81. The molecule has 2 N–H and O–H groups in total. The number of thiocarbonyl (C=S) groups is 1. The van der Waals surface area contributed by atoms with Crippen molar-refractivity contribution in [3.63, 3.8) is 0 Å². The Bertz CT molecular complexity index is 1260. The number of nitrogens with one attached hydrogen (secondary N) is 2. The minimum absolute atomic E-state index is 0.0957. The normalized spacial score (nSPS) is 15.8. The summed E-state index contributed by atoms with van der Waals surface area (Å²) < 4.78 is 13.3. The van der Waals surface area contributed by atoms with Crippen LogP contribution in [0.2, 0.25) is 0 Å². The summed E-state index contributed by atoms with van der Waals surface area (Å²) in [5, 5.41) is 17.6. The number of hydrogen-bond acceptors (Lipinski definition) is 4. The summed E-state index contributed by atoms with van der Waals surface area (Å²) in [5.74, 6) is -0.857. The third-order valence-corrected chi connectivity index (χ3v) is 5.56. The van der Waals surface area contributed by atoms with Gasteiger partial charge in [-0.05, 0) is 61.1 Å². The van der Waals surface area contributed by atoms with Crippen LogP contribution in [-0.2, 0) is 4.79 Å². The first-order valence-electron chi connectivity index (χ1n) is 10.0. The van der Waals surface area contributed by atoms with E-state index < -0.39 is 22.7 Å². The molecule has 1 aliphatic heterocycles. The molecular formula is C24H19FN4O3S. The van der Waals surface area contributed by atoms with E-state index >= 15 is 0 Å². The zero-order valence-corrected chi connectivity index (χ0v) is 18.3. The van der Waals surface area contributed by atoms with Crippen LogP contribution in [0.3, 0.4) is 0 Å². The molecule has 166 valence electrons. The van der Waals surface area contributed by atoms with Crippen molar-refractivity contribution >= 4 is 40.3 Å². The van der Waals surface area contributed by atoms with Crippen molar-refractivity contribution in [2.45, 2.75) is 13.0 Å². The monoisotopic (exact) mass is 462 g/mol. The first kappa shape index (κ1) is 22.1. The molecule has 9 heteroatoms. The quantitative estimate of drug-likeness (QED) is 0.312. The molecule has 7 nitrogen and oxygen atoms in total. The SMILES string of the molecule is CC1=C(C(=O)Nc2ccc(F)cc2)[C@H](c2cccc([N+](=O)[O-])c2)NC(=S)N1c1ccccc1. The number of halogens is 1. The fourth-order valence-corrected chi connectivity index (χ4v) is 4.08. The molecule has 1 atom stereocenters. The van der Waals surface area contributed by atoms with E-state index in [9.17, 15) is 19.3 Å². The van der Waals surface area contributed by atoms with E-state index in [1.54, 1.807) is 24.0 Å². The summed E-state index contributed by atoms with van der Waals surface area (Å²) in [6.45, 7) is 1.77. The van der Waals surface area contributed by atoms with E-state index in [2.05, 4.69) is 10.6 Å². The van der Waals surface area contributed by atoms with Crippen LogP contribution in [0.15, 0.2) is 90.1 Å². The second kappa shape index (κ2) is 9.17. The van der Waals surface area contributed by atoms with Crippen LogP contribution >= 0.6 is 12.2 Å². The van der Waals surface area contributed by atoms with Gasteiger partial charge in [-0.25, -0.2) is 4.39 Å². The number of benzene rings is 3. The summed E-state index contributed by atoms with van der Waals surface area (Å²) >= 11 is 5.60. The van der Waals surface area contributed by atoms with Gasteiger partial charge in [0.25, 0.3) is 11.6 Å². The molecule has 1 amide bonds. The number of nitrogens with zero attached hydrogens (tertiary/aromatic N) is 2. The van der Waals surface area contributed by atoms with Crippen LogP contribution in [-0.4, -0.2) is 15.9 Å². The fraction of sp³-hybridized carbons (Fsp3) is 0.0833. The van der Waals surface area contributed by atoms with Crippen molar-refractivity contribution in [2.75, 3.05) is 10.2 Å². The lowest BCUT2D eigenvalue weighted by atomic mass is 9.93. The lowest BCUT2D eigenvalue weighted by Gasteiger charge is -2.37. The molecule has 3 aromatic rings. The number of nitro groups is 1.